The molecule has 0 amide bonds. The lowest BCUT2D eigenvalue weighted by atomic mass is 10.4. The predicted octanol–water partition coefficient (Wildman–Crippen LogP) is 1.74. The molecule has 84 valence electrons. The van der Waals surface area contributed by atoms with Gasteiger partial charge in [0.05, 0.1) is 5.69 Å². The number of anilines is 1. The van der Waals surface area contributed by atoms with Crippen LogP contribution in [0.4, 0.5) is 5.69 Å². The van der Waals surface area contributed by atoms with Gasteiger partial charge in [0, 0.05) is 37.2 Å². The van der Waals surface area contributed by atoms with Gasteiger partial charge in [-0.05, 0) is 12.1 Å². The van der Waals surface area contributed by atoms with Gasteiger partial charge in [0.25, 0.3) is 0 Å². The Kier molecular flexibility index (Phi) is 3.14. The fourth-order valence-corrected chi connectivity index (χ4v) is 2.08. The SMILES string of the molecule is CC(=O)SCCc1cn2cc(N)ccc2n1. The zero-order valence-corrected chi connectivity index (χ0v) is 9.83. The van der Waals surface area contributed by atoms with Crippen LogP contribution in [0.1, 0.15) is 12.6 Å². The molecule has 2 N–H and O–H groups in total. The van der Waals surface area contributed by atoms with Crippen molar-refractivity contribution in [1.29, 1.82) is 0 Å². The minimum atomic E-state index is 0.146. The summed E-state index contributed by atoms with van der Waals surface area (Å²) in [5.74, 6) is 0.773. The normalized spacial score (nSPS) is 10.8. The summed E-state index contributed by atoms with van der Waals surface area (Å²) < 4.78 is 1.91. The van der Waals surface area contributed by atoms with Crippen molar-refractivity contribution < 1.29 is 4.79 Å². The topological polar surface area (TPSA) is 60.4 Å². The van der Waals surface area contributed by atoms with E-state index in [4.69, 9.17) is 5.73 Å². The number of aryl methyl sites for hydroxylation is 1. The first-order chi connectivity index (χ1) is 7.65. The number of hydrogen-bond donors (Lipinski definition) is 1. The molecule has 0 fully saturated rings. The molecule has 16 heavy (non-hydrogen) atoms. The van der Waals surface area contributed by atoms with Gasteiger partial charge >= 0.3 is 0 Å². The number of rotatable bonds is 3. The second kappa shape index (κ2) is 4.57. The van der Waals surface area contributed by atoms with Crippen molar-refractivity contribution >= 4 is 28.2 Å². The summed E-state index contributed by atoms with van der Waals surface area (Å²) in [4.78, 5) is 15.2. The molecule has 0 unspecified atom stereocenters. The van der Waals surface area contributed by atoms with Crippen LogP contribution in [0.15, 0.2) is 24.5 Å². The molecule has 0 aromatic carbocycles. The van der Waals surface area contributed by atoms with Gasteiger partial charge in [0.15, 0.2) is 5.12 Å². The quantitative estimate of drug-likeness (QED) is 0.880. The van der Waals surface area contributed by atoms with Gasteiger partial charge in [-0.2, -0.15) is 0 Å². The fraction of sp³-hybridized carbons (Fsp3) is 0.273. The minimum absolute atomic E-state index is 0.146. The van der Waals surface area contributed by atoms with Gasteiger partial charge in [-0.1, -0.05) is 11.8 Å². The van der Waals surface area contributed by atoms with Crippen LogP contribution in [0, 0.1) is 0 Å². The van der Waals surface area contributed by atoms with Crippen LogP contribution in [-0.2, 0) is 11.2 Å². The highest BCUT2D eigenvalue weighted by Crippen LogP contribution is 2.11. The third-order valence-electron chi connectivity index (χ3n) is 2.19. The summed E-state index contributed by atoms with van der Waals surface area (Å²) in [7, 11) is 0. The molecule has 0 bridgehead atoms. The number of imidazole rings is 1. The van der Waals surface area contributed by atoms with Crippen LogP contribution < -0.4 is 5.73 Å². The number of aromatic nitrogens is 2. The second-order valence-corrected chi connectivity index (χ2v) is 4.82. The molecule has 0 aliphatic rings. The number of pyridine rings is 1. The summed E-state index contributed by atoms with van der Waals surface area (Å²) in [6, 6.07) is 3.72. The van der Waals surface area contributed by atoms with Crippen molar-refractivity contribution in [1.82, 2.24) is 9.38 Å². The van der Waals surface area contributed by atoms with Crippen LogP contribution in [0.3, 0.4) is 0 Å². The number of fused-ring (bicyclic) bond motifs is 1. The lowest BCUT2D eigenvalue weighted by molar-refractivity contribution is -0.109. The number of thioether (sulfide) groups is 1. The van der Waals surface area contributed by atoms with Crippen molar-refractivity contribution in [3.63, 3.8) is 0 Å². The van der Waals surface area contributed by atoms with Crippen LogP contribution >= 0.6 is 11.8 Å². The Morgan fingerprint density at radius 2 is 2.31 bits per heavy atom. The largest absolute Gasteiger partial charge is 0.398 e. The molecule has 0 spiro atoms. The van der Waals surface area contributed by atoms with E-state index in [0.29, 0.717) is 0 Å². The number of carbonyl (C=O) groups is 1. The Morgan fingerprint density at radius 1 is 1.50 bits per heavy atom. The first-order valence-corrected chi connectivity index (χ1v) is 6.00. The zero-order chi connectivity index (χ0) is 11.5. The Bertz CT molecular complexity index is 521. The molecular weight excluding hydrogens is 222 g/mol. The van der Waals surface area contributed by atoms with Gasteiger partial charge in [-0.3, -0.25) is 4.79 Å². The molecule has 0 radical (unpaired) electrons. The second-order valence-electron chi connectivity index (χ2n) is 3.55. The first kappa shape index (κ1) is 11.0. The summed E-state index contributed by atoms with van der Waals surface area (Å²) in [6.45, 7) is 1.58. The van der Waals surface area contributed by atoms with E-state index in [9.17, 15) is 4.79 Å². The molecule has 5 heteroatoms. The Balaban J connectivity index is 2.10. The van der Waals surface area contributed by atoms with Gasteiger partial charge in [-0.25, -0.2) is 4.98 Å². The van der Waals surface area contributed by atoms with E-state index < -0.39 is 0 Å². The highest BCUT2D eigenvalue weighted by Gasteiger charge is 2.02. The van der Waals surface area contributed by atoms with E-state index in [0.717, 1.165) is 29.2 Å². The summed E-state index contributed by atoms with van der Waals surface area (Å²) in [5, 5.41) is 0.146. The molecule has 0 aliphatic carbocycles. The third-order valence-corrected chi connectivity index (χ3v) is 3.00. The minimum Gasteiger partial charge on any atom is -0.398 e. The average Bonchev–Trinajstić information content (AvgIpc) is 2.58. The Hall–Kier alpha value is -1.49. The van der Waals surface area contributed by atoms with E-state index in [1.807, 2.05) is 28.9 Å². The van der Waals surface area contributed by atoms with Crippen molar-refractivity contribution in [2.45, 2.75) is 13.3 Å². The van der Waals surface area contributed by atoms with Crippen LogP contribution in [0.5, 0.6) is 0 Å². The van der Waals surface area contributed by atoms with E-state index in [1.165, 1.54) is 11.8 Å². The van der Waals surface area contributed by atoms with Gasteiger partial charge in [0.2, 0.25) is 0 Å². The monoisotopic (exact) mass is 235 g/mol. The average molecular weight is 235 g/mol. The van der Waals surface area contributed by atoms with Crippen molar-refractivity contribution in [3.8, 4) is 0 Å². The highest BCUT2D eigenvalue weighted by atomic mass is 32.2. The zero-order valence-electron chi connectivity index (χ0n) is 9.01. The predicted molar refractivity (Wildman–Crippen MR) is 66.4 cm³/mol. The van der Waals surface area contributed by atoms with Gasteiger partial charge < -0.3 is 10.1 Å². The van der Waals surface area contributed by atoms with Gasteiger partial charge in [0.1, 0.15) is 5.65 Å². The molecule has 0 atom stereocenters. The Morgan fingerprint density at radius 3 is 3.06 bits per heavy atom. The number of nitrogens with two attached hydrogens (primary N) is 1. The Labute approximate surface area is 97.9 Å². The molecule has 2 aromatic rings. The fourth-order valence-electron chi connectivity index (χ4n) is 1.48. The molecule has 0 saturated carbocycles. The van der Waals surface area contributed by atoms with Crippen molar-refractivity contribution in [2.75, 3.05) is 11.5 Å². The molecule has 4 nitrogen and oxygen atoms in total. The number of hydrogen-bond acceptors (Lipinski definition) is 4. The highest BCUT2D eigenvalue weighted by molar-refractivity contribution is 8.13. The summed E-state index contributed by atoms with van der Waals surface area (Å²) in [5.41, 5.74) is 8.26. The van der Waals surface area contributed by atoms with Crippen LogP contribution in [0.25, 0.3) is 5.65 Å². The first-order valence-electron chi connectivity index (χ1n) is 5.01. The molecule has 2 heterocycles. The van der Waals surface area contributed by atoms with E-state index >= 15 is 0 Å². The summed E-state index contributed by atoms with van der Waals surface area (Å²) in [6.07, 6.45) is 4.59. The molecule has 0 aliphatic heterocycles. The van der Waals surface area contributed by atoms with E-state index in [2.05, 4.69) is 4.98 Å². The van der Waals surface area contributed by atoms with E-state index in [-0.39, 0.29) is 5.12 Å². The maximum atomic E-state index is 10.8. The van der Waals surface area contributed by atoms with Crippen LogP contribution in [0.2, 0.25) is 0 Å². The lowest BCUT2D eigenvalue weighted by Gasteiger charge is -1.93. The lowest BCUT2D eigenvalue weighted by Crippen LogP contribution is -1.91. The van der Waals surface area contributed by atoms with Crippen molar-refractivity contribution in [3.05, 3.63) is 30.2 Å². The van der Waals surface area contributed by atoms with Gasteiger partial charge in [-0.15, -0.1) is 0 Å². The van der Waals surface area contributed by atoms with Crippen molar-refractivity contribution in [2.24, 2.45) is 0 Å². The standard InChI is InChI=1S/C11H13N3OS/c1-8(15)16-5-4-10-7-14-6-9(12)2-3-11(14)13-10/h2-3,6-7H,4-5,12H2,1H3. The maximum Gasteiger partial charge on any atom is 0.185 e. The smallest absolute Gasteiger partial charge is 0.185 e. The summed E-state index contributed by atoms with van der Waals surface area (Å²) >= 11 is 1.33. The number of nitrogen functional groups attached to an aromatic ring is 1. The van der Waals surface area contributed by atoms with E-state index in [1.54, 1.807) is 6.92 Å². The molecule has 0 saturated heterocycles. The number of nitrogens with zero attached hydrogens (tertiary/aromatic N) is 2. The maximum absolute atomic E-state index is 10.8. The molecule has 2 aromatic heterocycles. The molecule has 2 rings (SSSR count). The molecular formula is C11H13N3OS. The number of carbonyl (C=O) groups excluding carboxylic acids is 1. The van der Waals surface area contributed by atoms with Crippen LogP contribution in [-0.4, -0.2) is 20.3 Å². The third kappa shape index (κ3) is 2.55.